The van der Waals surface area contributed by atoms with Gasteiger partial charge in [-0.2, -0.15) is 0 Å². The Morgan fingerprint density at radius 1 is 1.32 bits per heavy atom. The van der Waals surface area contributed by atoms with Crippen molar-refractivity contribution in [1.82, 2.24) is 4.90 Å². The Kier molecular flexibility index (Phi) is 3.47. The highest BCUT2D eigenvalue weighted by Gasteiger charge is 2.30. The van der Waals surface area contributed by atoms with Crippen molar-refractivity contribution in [2.45, 2.75) is 26.7 Å². The fraction of sp³-hybridized carbons (Fsp3) is 0.500. The van der Waals surface area contributed by atoms with Crippen LogP contribution in [0.4, 0.5) is 14.5 Å². The molecule has 2 N–H and O–H groups in total. The molecule has 1 amide bonds. The van der Waals surface area contributed by atoms with Crippen LogP contribution in [-0.2, 0) is 0 Å². The summed E-state index contributed by atoms with van der Waals surface area (Å²) in [4.78, 5) is 13.9. The Morgan fingerprint density at radius 3 is 2.63 bits per heavy atom. The van der Waals surface area contributed by atoms with Crippen LogP contribution in [0, 0.1) is 17.0 Å². The van der Waals surface area contributed by atoms with Crippen molar-refractivity contribution in [3.63, 3.8) is 0 Å². The zero-order valence-electron chi connectivity index (χ0n) is 11.2. The van der Waals surface area contributed by atoms with Crippen LogP contribution < -0.4 is 5.73 Å². The molecule has 0 aliphatic carbocycles. The quantitative estimate of drug-likeness (QED) is 0.796. The van der Waals surface area contributed by atoms with E-state index in [-0.39, 0.29) is 16.7 Å². The second-order valence-electron chi connectivity index (χ2n) is 5.85. The highest BCUT2D eigenvalue weighted by Crippen LogP contribution is 2.30. The maximum Gasteiger partial charge on any atom is 0.256 e. The highest BCUT2D eigenvalue weighted by atomic mass is 19.1. The summed E-state index contributed by atoms with van der Waals surface area (Å²) < 4.78 is 26.8. The van der Waals surface area contributed by atoms with Crippen molar-refractivity contribution in [2.24, 2.45) is 5.41 Å². The zero-order chi connectivity index (χ0) is 14.2. The summed E-state index contributed by atoms with van der Waals surface area (Å²) in [6, 6.07) is 1.74. The lowest BCUT2D eigenvalue weighted by Gasteiger charge is -2.38. The standard InChI is InChI=1S/C14H18F2N2O/c1-14(2)4-3-5-18(8-14)13(19)9-6-12(17)11(16)7-10(9)15/h6-7H,3-5,8,17H2,1-2H3. The Bertz CT molecular complexity index is 514. The van der Waals surface area contributed by atoms with Crippen LogP contribution in [0.25, 0.3) is 0 Å². The van der Waals surface area contributed by atoms with E-state index >= 15 is 0 Å². The zero-order valence-corrected chi connectivity index (χ0v) is 11.2. The van der Waals surface area contributed by atoms with Crippen molar-refractivity contribution in [3.8, 4) is 0 Å². The number of rotatable bonds is 1. The van der Waals surface area contributed by atoms with Gasteiger partial charge in [0.15, 0.2) is 0 Å². The number of nitrogen functional groups attached to an aromatic ring is 1. The Balaban J connectivity index is 2.27. The van der Waals surface area contributed by atoms with Gasteiger partial charge in [0.1, 0.15) is 11.6 Å². The van der Waals surface area contributed by atoms with Crippen LogP contribution in [-0.4, -0.2) is 23.9 Å². The summed E-state index contributed by atoms with van der Waals surface area (Å²) in [5.41, 5.74) is 5.06. The molecule has 0 spiro atoms. The molecule has 1 fully saturated rings. The largest absolute Gasteiger partial charge is 0.396 e. The van der Waals surface area contributed by atoms with E-state index in [1.54, 1.807) is 4.90 Å². The van der Waals surface area contributed by atoms with E-state index in [0.29, 0.717) is 19.2 Å². The third-order valence-corrected chi connectivity index (χ3v) is 3.50. The van der Waals surface area contributed by atoms with Gasteiger partial charge in [0.2, 0.25) is 0 Å². The molecule has 0 aromatic heterocycles. The average molecular weight is 268 g/mol. The molecule has 1 saturated heterocycles. The fourth-order valence-electron chi connectivity index (χ4n) is 2.50. The van der Waals surface area contributed by atoms with Crippen molar-refractivity contribution < 1.29 is 13.6 Å². The predicted octanol–water partition coefficient (Wildman–Crippen LogP) is 2.81. The summed E-state index contributed by atoms with van der Waals surface area (Å²) in [5, 5.41) is 0. The molecule has 0 bridgehead atoms. The molecule has 1 aliphatic heterocycles. The minimum Gasteiger partial charge on any atom is -0.396 e. The second-order valence-corrected chi connectivity index (χ2v) is 5.85. The molecule has 1 heterocycles. The number of nitrogens with zero attached hydrogens (tertiary/aromatic N) is 1. The molecule has 3 nitrogen and oxygen atoms in total. The van der Waals surface area contributed by atoms with E-state index in [9.17, 15) is 13.6 Å². The molecule has 0 radical (unpaired) electrons. The highest BCUT2D eigenvalue weighted by molar-refractivity contribution is 5.95. The maximum atomic E-state index is 13.7. The monoisotopic (exact) mass is 268 g/mol. The lowest BCUT2D eigenvalue weighted by molar-refractivity contribution is 0.0579. The summed E-state index contributed by atoms with van der Waals surface area (Å²) >= 11 is 0. The van der Waals surface area contributed by atoms with E-state index in [4.69, 9.17) is 5.73 Å². The van der Waals surface area contributed by atoms with Crippen molar-refractivity contribution in [2.75, 3.05) is 18.8 Å². The number of benzene rings is 1. The Morgan fingerprint density at radius 2 is 2.00 bits per heavy atom. The topological polar surface area (TPSA) is 46.3 Å². The Labute approximate surface area is 111 Å². The van der Waals surface area contributed by atoms with Gasteiger partial charge in [0.05, 0.1) is 11.3 Å². The second kappa shape index (κ2) is 4.79. The summed E-state index contributed by atoms with van der Waals surface area (Å²) in [5.74, 6) is -2.12. The third kappa shape index (κ3) is 2.85. The van der Waals surface area contributed by atoms with Crippen LogP contribution in [0.15, 0.2) is 12.1 Å². The molecule has 5 heteroatoms. The number of likely N-dealkylation sites (tertiary alicyclic amines) is 1. The number of nitrogens with two attached hydrogens (primary N) is 1. The van der Waals surface area contributed by atoms with Crippen molar-refractivity contribution in [1.29, 1.82) is 0 Å². The molecule has 0 unspecified atom stereocenters. The number of halogens is 2. The average Bonchev–Trinajstić information content (AvgIpc) is 2.31. The van der Waals surface area contributed by atoms with Gasteiger partial charge in [-0.05, 0) is 24.3 Å². The van der Waals surface area contributed by atoms with Gasteiger partial charge >= 0.3 is 0 Å². The maximum absolute atomic E-state index is 13.7. The van der Waals surface area contributed by atoms with Crippen molar-refractivity contribution >= 4 is 11.6 Å². The van der Waals surface area contributed by atoms with Gasteiger partial charge in [-0.1, -0.05) is 13.8 Å². The number of hydrogen-bond acceptors (Lipinski definition) is 2. The SMILES string of the molecule is CC1(C)CCCN(C(=O)c2cc(N)c(F)cc2F)C1. The van der Waals surface area contributed by atoms with Gasteiger partial charge in [-0.3, -0.25) is 4.79 Å². The molecule has 0 saturated carbocycles. The molecular weight excluding hydrogens is 250 g/mol. The molecule has 104 valence electrons. The third-order valence-electron chi connectivity index (χ3n) is 3.50. The van der Waals surface area contributed by atoms with Crippen LogP contribution in [0.5, 0.6) is 0 Å². The fourth-order valence-corrected chi connectivity index (χ4v) is 2.50. The van der Waals surface area contributed by atoms with Crippen LogP contribution in [0.1, 0.15) is 37.0 Å². The van der Waals surface area contributed by atoms with Gasteiger partial charge in [-0.25, -0.2) is 8.78 Å². The molecule has 19 heavy (non-hydrogen) atoms. The lowest BCUT2D eigenvalue weighted by atomic mass is 9.84. The van der Waals surface area contributed by atoms with Crippen LogP contribution >= 0.6 is 0 Å². The predicted molar refractivity (Wildman–Crippen MR) is 69.7 cm³/mol. The number of carbonyl (C=O) groups excluding carboxylic acids is 1. The minimum absolute atomic E-state index is 0.0238. The number of carbonyl (C=O) groups is 1. The minimum atomic E-state index is -0.861. The first-order chi connectivity index (χ1) is 8.80. The van der Waals surface area contributed by atoms with Gasteiger partial charge in [0, 0.05) is 19.2 Å². The van der Waals surface area contributed by atoms with E-state index in [2.05, 4.69) is 13.8 Å². The number of anilines is 1. The number of hydrogen-bond donors (Lipinski definition) is 1. The number of amides is 1. The smallest absolute Gasteiger partial charge is 0.256 e. The lowest BCUT2D eigenvalue weighted by Crippen LogP contribution is -2.43. The summed E-state index contributed by atoms with van der Waals surface area (Å²) in [7, 11) is 0. The Hall–Kier alpha value is -1.65. The van der Waals surface area contributed by atoms with Gasteiger partial charge in [-0.15, -0.1) is 0 Å². The molecule has 1 aliphatic rings. The van der Waals surface area contributed by atoms with E-state index < -0.39 is 17.5 Å². The van der Waals surface area contributed by atoms with Crippen LogP contribution in [0.3, 0.4) is 0 Å². The number of piperidine rings is 1. The normalized spacial score (nSPS) is 18.4. The first kappa shape index (κ1) is 13.8. The van der Waals surface area contributed by atoms with Gasteiger partial charge in [0.25, 0.3) is 5.91 Å². The molecule has 1 aromatic carbocycles. The molecule has 2 rings (SSSR count). The molecule has 0 atom stereocenters. The van der Waals surface area contributed by atoms with Crippen molar-refractivity contribution in [3.05, 3.63) is 29.3 Å². The van der Waals surface area contributed by atoms with E-state index in [1.165, 1.54) is 0 Å². The summed E-state index contributed by atoms with van der Waals surface area (Å²) in [6.45, 7) is 5.31. The molecule has 1 aromatic rings. The van der Waals surface area contributed by atoms with E-state index in [1.807, 2.05) is 0 Å². The first-order valence-corrected chi connectivity index (χ1v) is 6.34. The summed E-state index contributed by atoms with van der Waals surface area (Å²) in [6.07, 6.45) is 1.92. The molecular formula is C14H18F2N2O. The first-order valence-electron chi connectivity index (χ1n) is 6.34. The van der Waals surface area contributed by atoms with Gasteiger partial charge < -0.3 is 10.6 Å². The van der Waals surface area contributed by atoms with Crippen LogP contribution in [0.2, 0.25) is 0 Å². The van der Waals surface area contributed by atoms with E-state index in [0.717, 1.165) is 18.9 Å².